The molecule has 0 atom stereocenters. The van der Waals surface area contributed by atoms with E-state index >= 15 is 0 Å². The van der Waals surface area contributed by atoms with Gasteiger partial charge in [0.05, 0.1) is 18.1 Å². The Labute approximate surface area is 167 Å². The number of benzene rings is 2. The average Bonchev–Trinajstić information content (AvgIpc) is 3.15. The van der Waals surface area contributed by atoms with Crippen molar-refractivity contribution in [3.8, 4) is 0 Å². The molecule has 3 aromatic rings. The summed E-state index contributed by atoms with van der Waals surface area (Å²) >= 11 is 1.67. The standard InChI is InChI=1S/C18H20N4O4S2/c1-27-15-4-2-14(3-5-15)13-26-22-18-12-16(6-7-17(18)19-20-22)28(23,24)21-8-10-25-11-9-21/h2-7,12H,8-11,13H2,1H3. The van der Waals surface area contributed by atoms with Crippen LogP contribution < -0.4 is 4.84 Å². The molecule has 0 N–H and O–H groups in total. The van der Waals surface area contributed by atoms with Gasteiger partial charge in [0.15, 0.2) is 0 Å². The largest absolute Gasteiger partial charge is 0.390 e. The molecule has 10 heteroatoms. The Kier molecular flexibility index (Phi) is 5.54. The van der Waals surface area contributed by atoms with Gasteiger partial charge in [-0.25, -0.2) is 8.42 Å². The molecule has 0 spiro atoms. The molecule has 0 bridgehead atoms. The van der Waals surface area contributed by atoms with E-state index in [1.807, 2.05) is 30.5 Å². The lowest BCUT2D eigenvalue weighted by molar-refractivity contribution is 0.0729. The minimum atomic E-state index is -3.60. The molecule has 0 unspecified atom stereocenters. The first-order valence-electron chi connectivity index (χ1n) is 8.77. The molecule has 0 aliphatic carbocycles. The van der Waals surface area contributed by atoms with E-state index in [-0.39, 0.29) is 4.90 Å². The molecule has 1 aliphatic heterocycles. The van der Waals surface area contributed by atoms with E-state index in [9.17, 15) is 8.42 Å². The second-order valence-electron chi connectivity index (χ2n) is 6.25. The van der Waals surface area contributed by atoms with Gasteiger partial charge in [-0.3, -0.25) is 0 Å². The number of ether oxygens (including phenoxy) is 1. The maximum absolute atomic E-state index is 12.9. The van der Waals surface area contributed by atoms with Crippen LogP contribution in [0.4, 0.5) is 0 Å². The molecule has 148 valence electrons. The first-order valence-corrected chi connectivity index (χ1v) is 11.4. The van der Waals surface area contributed by atoms with Crippen LogP contribution in [0.5, 0.6) is 0 Å². The van der Waals surface area contributed by atoms with Crippen molar-refractivity contribution in [1.82, 2.24) is 19.5 Å². The number of thioether (sulfide) groups is 1. The highest BCUT2D eigenvalue weighted by atomic mass is 32.2. The summed E-state index contributed by atoms with van der Waals surface area (Å²) in [5, 5.41) is 8.04. The minimum Gasteiger partial charge on any atom is -0.390 e. The van der Waals surface area contributed by atoms with Gasteiger partial charge in [-0.05, 0) is 47.4 Å². The van der Waals surface area contributed by atoms with Crippen molar-refractivity contribution in [1.29, 1.82) is 0 Å². The summed E-state index contributed by atoms with van der Waals surface area (Å²) in [4.78, 5) is 8.38. The average molecular weight is 421 g/mol. The lowest BCUT2D eigenvalue weighted by atomic mass is 10.2. The molecule has 0 radical (unpaired) electrons. The Hall–Kier alpha value is -2.14. The van der Waals surface area contributed by atoms with Crippen molar-refractivity contribution in [2.24, 2.45) is 0 Å². The van der Waals surface area contributed by atoms with Gasteiger partial charge in [0.2, 0.25) is 10.0 Å². The van der Waals surface area contributed by atoms with Crippen LogP contribution >= 0.6 is 11.8 Å². The summed E-state index contributed by atoms with van der Waals surface area (Å²) in [6.07, 6.45) is 2.02. The van der Waals surface area contributed by atoms with Crippen molar-refractivity contribution < 1.29 is 18.0 Å². The van der Waals surface area contributed by atoms with Gasteiger partial charge < -0.3 is 9.57 Å². The van der Waals surface area contributed by atoms with Gasteiger partial charge in [0.1, 0.15) is 17.6 Å². The first-order chi connectivity index (χ1) is 13.6. The zero-order chi connectivity index (χ0) is 19.6. The monoisotopic (exact) mass is 420 g/mol. The van der Waals surface area contributed by atoms with Crippen LogP contribution in [0.25, 0.3) is 11.0 Å². The quantitative estimate of drug-likeness (QED) is 0.562. The third-order valence-electron chi connectivity index (χ3n) is 4.51. The molecule has 1 aromatic heterocycles. The molecule has 1 aliphatic rings. The Morgan fingerprint density at radius 3 is 2.61 bits per heavy atom. The number of sulfonamides is 1. The molecule has 1 fully saturated rings. The molecule has 0 saturated carbocycles. The summed E-state index contributed by atoms with van der Waals surface area (Å²) in [6.45, 7) is 1.80. The summed E-state index contributed by atoms with van der Waals surface area (Å²) in [7, 11) is -3.60. The maximum Gasteiger partial charge on any atom is 0.243 e. The van der Waals surface area contributed by atoms with Crippen LogP contribution in [0.15, 0.2) is 52.3 Å². The number of morpholine rings is 1. The molecule has 28 heavy (non-hydrogen) atoms. The molecule has 8 nitrogen and oxygen atoms in total. The van der Waals surface area contributed by atoms with Gasteiger partial charge in [0, 0.05) is 18.0 Å². The highest BCUT2D eigenvalue weighted by Crippen LogP contribution is 2.21. The van der Waals surface area contributed by atoms with Crippen molar-refractivity contribution >= 4 is 32.8 Å². The zero-order valence-electron chi connectivity index (χ0n) is 15.3. The van der Waals surface area contributed by atoms with E-state index in [0.29, 0.717) is 43.9 Å². The molecule has 4 rings (SSSR count). The number of hydrogen-bond acceptors (Lipinski definition) is 7. The molecular formula is C18H20N4O4S2. The number of nitrogens with zero attached hydrogens (tertiary/aromatic N) is 4. The second-order valence-corrected chi connectivity index (χ2v) is 9.07. The van der Waals surface area contributed by atoms with E-state index in [1.54, 1.807) is 30.0 Å². The van der Waals surface area contributed by atoms with E-state index in [0.717, 1.165) is 5.56 Å². The second kappa shape index (κ2) is 8.08. The van der Waals surface area contributed by atoms with Crippen LogP contribution in [-0.4, -0.2) is 60.4 Å². The van der Waals surface area contributed by atoms with Crippen molar-refractivity contribution in [2.45, 2.75) is 16.4 Å². The van der Waals surface area contributed by atoms with E-state index in [4.69, 9.17) is 9.57 Å². The third-order valence-corrected chi connectivity index (χ3v) is 7.15. The summed E-state index contributed by atoms with van der Waals surface area (Å²) in [5.74, 6) is 0. The minimum absolute atomic E-state index is 0.193. The van der Waals surface area contributed by atoms with Gasteiger partial charge in [-0.15, -0.1) is 16.9 Å². The van der Waals surface area contributed by atoms with Crippen LogP contribution in [0, 0.1) is 0 Å². The Bertz CT molecular complexity index is 1060. The maximum atomic E-state index is 12.9. The SMILES string of the molecule is CSc1ccc(COn2nnc3ccc(S(=O)(=O)N4CCOCC4)cc32)cc1. The van der Waals surface area contributed by atoms with Gasteiger partial charge in [0.25, 0.3) is 0 Å². The van der Waals surface area contributed by atoms with E-state index < -0.39 is 10.0 Å². The smallest absolute Gasteiger partial charge is 0.243 e. The van der Waals surface area contributed by atoms with E-state index in [1.165, 1.54) is 14.0 Å². The van der Waals surface area contributed by atoms with Crippen molar-refractivity contribution in [3.63, 3.8) is 0 Å². The van der Waals surface area contributed by atoms with Crippen LogP contribution in [0.1, 0.15) is 5.56 Å². The Morgan fingerprint density at radius 1 is 1.14 bits per heavy atom. The molecular weight excluding hydrogens is 400 g/mol. The van der Waals surface area contributed by atoms with Crippen LogP contribution in [-0.2, 0) is 21.4 Å². The first kappa shape index (κ1) is 19.2. The highest BCUT2D eigenvalue weighted by Gasteiger charge is 2.27. The molecule has 0 amide bonds. The summed E-state index contributed by atoms with van der Waals surface area (Å²) in [5.41, 5.74) is 2.06. The number of rotatable bonds is 6. The van der Waals surface area contributed by atoms with Gasteiger partial charge in [-0.2, -0.15) is 4.31 Å². The predicted molar refractivity (Wildman–Crippen MR) is 106 cm³/mol. The lowest BCUT2D eigenvalue weighted by Gasteiger charge is -2.26. The van der Waals surface area contributed by atoms with Gasteiger partial charge >= 0.3 is 0 Å². The normalized spacial score (nSPS) is 15.8. The topological polar surface area (TPSA) is 86.5 Å². The highest BCUT2D eigenvalue weighted by molar-refractivity contribution is 7.98. The number of hydrogen-bond donors (Lipinski definition) is 0. The Morgan fingerprint density at radius 2 is 1.89 bits per heavy atom. The summed E-state index contributed by atoms with van der Waals surface area (Å²) in [6, 6.07) is 12.8. The fourth-order valence-corrected chi connectivity index (χ4v) is 4.76. The predicted octanol–water partition coefficient (Wildman–Crippen LogP) is 1.80. The fourth-order valence-electron chi connectivity index (χ4n) is 2.93. The molecule has 1 saturated heterocycles. The zero-order valence-corrected chi connectivity index (χ0v) is 16.9. The fraction of sp³-hybridized carbons (Fsp3) is 0.333. The van der Waals surface area contributed by atoms with E-state index in [2.05, 4.69) is 10.3 Å². The third kappa shape index (κ3) is 3.86. The van der Waals surface area contributed by atoms with Crippen LogP contribution in [0.3, 0.4) is 0 Å². The van der Waals surface area contributed by atoms with Crippen molar-refractivity contribution in [2.75, 3.05) is 32.6 Å². The van der Waals surface area contributed by atoms with Gasteiger partial charge in [-0.1, -0.05) is 17.0 Å². The van der Waals surface area contributed by atoms with Crippen molar-refractivity contribution in [3.05, 3.63) is 48.0 Å². The summed E-state index contributed by atoms with van der Waals surface area (Å²) < 4.78 is 32.4. The van der Waals surface area contributed by atoms with Crippen LogP contribution in [0.2, 0.25) is 0 Å². The molecule has 2 aromatic carbocycles. The Balaban J connectivity index is 1.57. The number of aromatic nitrogens is 3. The number of fused-ring (bicyclic) bond motifs is 1. The molecule has 2 heterocycles. The lowest BCUT2D eigenvalue weighted by Crippen LogP contribution is -2.40.